The number of para-hydroxylation sites is 1. The third-order valence-electron chi connectivity index (χ3n) is 4.47. The van der Waals surface area contributed by atoms with E-state index in [9.17, 15) is 14.4 Å². The molecule has 0 spiro atoms. The van der Waals surface area contributed by atoms with E-state index in [1.807, 2.05) is 24.3 Å². The number of benzene rings is 1. The molecule has 1 aliphatic rings. The molecule has 3 rings (SSSR count). The van der Waals surface area contributed by atoms with Crippen LogP contribution in [0, 0.1) is 6.92 Å². The zero-order valence-electron chi connectivity index (χ0n) is 16.3. The minimum atomic E-state index is -0.537. The van der Waals surface area contributed by atoms with E-state index in [2.05, 4.69) is 10.5 Å². The van der Waals surface area contributed by atoms with Crippen molar-refractivity contribution in [3.05, 3.63) is 41.7 Å². The number of rotatable bonds is 7. The van der Waals surface area contributed by atoms with Gasteiger partial charge in [0.2, 0.25) is 5.91 Å². The zero-order valence-corrected chi connectivity index (χ0v) is 17.2. The maximum atomic E-state index is 12.5. The Morgan fingerprint density at radius 2 is 2.14 bits per heavy atom. The highest BCUT2D eigenvalue weighted by atomic mass is 32.2. The van der Waals surface area contributed by atoms with Crippen LogP contribution in [0.1, 0.15) is 24.7 Å². The molecule has 1 aromatic heterocycles. The monoisotopic (exact) mass is 417 g/mol. The van der Waals surface area contributed by atoms with Gasteiger partial charge in [0, 0.05) is 18.3 Å². The molecule has 154 valence electrons. The van der Waals surface area contributed by atoms with Crippen molar-refractivity contribution in [2.45, 2.75) is 31.9 Å². The van der Waals surface area contributed by atoms with Crippen molar-refractivity contribution < 1.29 is 23.6 Å². The molecule has 0 saturated heterocycles. The molecule has 1 aromatic carbocycles. The fraction of sp³-hybridized carbons (Fsp3) is 0.400. The van der Waals surface area contributed by atoms with Gasteiger partial charge in [0.25, 0.3) is 5.91 Å². The molecule has 2 amide bonds. The first kappa shape index (κ1) is 20.9. The van der Waals surface area contributed by atoms with Crippen LogP contribution in [0.4, 0.5) is 11.5 Å². The highest BCUT2D eigenvalue weighted by Crippen LogP contribution is 2.26. The molecule has 0 fully saturated rings. The summed E-state index contributed by atoms with van der Waals surface area (Å²) in [4.78, 5) is 38.2. The number of esters is 1. The lowest BCUT2D eigenvalue weighted by atomic mass is 10.0. The Bertz CT molecular complexity index is 898. The van der Waals surface area contributed by atoms with E-state index in [0.717, 1.165) is 35.9 Å². The standard InChI is InChI=1S/C20H23N3O5S/c1-13-10-17(22-28-13)21-20(26)14(2)29-12-19(25)27-11-18(24)23-9-5-7-15-6-3-4-8-16(15)23/h3-4,6,8,10,14H,5,7,9,11-12H2,1-2H3,(H,21,22,26)/t14-/m0/s1. The lowest BCUT2D eigenvalue weighted by Gasteiger charge is -2.29. The molecule has 8 nitrogen and oxygen atoms in total. The lowest BCUT2D eigenvalue weighted by Crippen LogP contribution is -2.38. The van der Waals surface area contributed by atoms with Gasteiger partial charge in [-0.05, 0) is 38.3 Å². The van der Waals surface area contributed by atoms with E-state index < -0.39 is 11.2 Å². The van der Waals surface area contributed by atoms with Gasteiger partial charge < -0.3 is 19.5 Å². The number of fused-ring (bicyclic) bond motifs is 1. The van der Waals surface area contributed by atoms with Gasteiger partial charge in [-0.2, -0.15) is 0 Å². The second kappa shape index (κ2) is 9.60. The number of anilines is 2. The van der Waals surface area contributed by atoms with Crippen LogP contribution in [0.25, 0.3) is 0 Å². The molecule has 2 heterocycles. The molecule has 0 aliphatic carbocycles. The number of thioether (sulfide) groups is 1. The number of hydrogen-bond donors (Lipinski definition) is 1. The Morgan fingerprint density at radius 1 is 1.34 bits per heavy atom. The number of nitrogens with one attached hydrogen (secondary N) is 1. The first-order valence-corrected chi connectivity index (χ1v) is 10.4. The number of aryl methyl sites for hydroxylation is 2. The van der Waals surface area contributed by atoms with Crippen LogP contribution >= 0.6 is 11.8 Å². The first-order valence-electron chi connectivity index (χ1n) is 9.33. The van der Waals surface area contributed by atoms with Crippen LogP contribution in [0.2, 0.25) is 0 Å². The van der Waals surface area contributed by atoms with Gasteiger partial charge in [-0.3, -0.25) is 14.4 Å². The minimum absolute atomic E-state index is 0.0315. The normalized spacial score (nSPS) is 14.1. The summed E-state index contributed by atoms with van der Waals surface area (Å²) < 4.78 is 10.0. The van der Waals surface area contributed by atoms with Gasteiger partial charge in [-0.15, -0.1) is 11.8 Å². The summed E-state index contributed by atoms with van der Waals surface area (Å²) >= 11 is 1.12. The number of carbonyl (C=O) groups excluding carboxylic acids is 3. The molecule has 0 unspecified atom stereocenters. The summed E-state index contributed by atoms with van der Waals surface area (Å²) in [6, 6.07) is 9.35. The van der Waals surface area contributed by atoms with Crippen LogP contribution in [0.5, 0.6) is 0 Å². The molecular formula is C20H23N3O5S. The van der Waals surface area contributed by atoms with E-state index >= 15 is 0 Å². The molecule has 0 saturated carbocycles. The molecule has 2 aromatic rings. The highest BCUT2D eigenvalue weighted by Gasteiger charge is 2.23. The zero-order chi connectivity index (χ0) is 20.8. The Hall–Kier alpha value is -2.81. The van der Waals surface area contributed by atoms with Crippen molar-refractivity contribution >= 4 is 41.1 Å². The summed E-state index contributed by atoms with van der Waals surface area (Å²) in [5, 5.41) is 5.81. The van der Waals surface area contributed by atoms with Crippen LogP contribution in [0.3, 0.4) is 0 Å². The van der Waals surface area contributed by atoms with Crippen molar-refractivity contribution in [1.82, 2.24) is 5.16 Å². The van der Waals surface area contributed by atoms with Gasteiger partial charge in [-0.25, -0.2) is 0 Å². The summed E-state index contributed by atoms with van der Waals surface area (Å²) in [5.74, 6) is -0.193. The van der Waals surface area contributed by atoms with Gasteiger partial charge >= 0.3 is 5.97 Å². The average Bonchev–Trinajstić information content (AvgIpc) is 3.14. The number of amides is 2. The topological polar surface area (TPSA) is 102 Å². The van der Waals surface area contributed by atoms with Crippen molar-refractivity contribution in [3.63, 3.8) is 0 Å². The first-order chi connectivity index (χ1) is 13.9. The second-order valence-electron chi connectivity index (χ2n) is 6.70. The fourth-order valence-electron chi connectivity index (χ4n) is 2.98. The third-order valence-corrected chi connectivity index (χ3v) is 5.58. The van der Waals surface area contributed by atoms with E-state index in [-0.39, 0.29) is 24.2 Å². The van der Waals surface area contributed by atoms with E-state index in [0.29, 0.717) is 18.1 Å². The van der Waals surface area contributed by atoms with Gasteiger partial charge in [0.05, 0.1) is 11.0 Å². The maximum Gasteiger partial charge on any atom is 0.316 e. The number of carbonyl (C=O) groups is 3. The van der Waals surface area contributed by atoms with Crippen LogP contribution in [-0.4, -0.2) is 47.1 Å². The SMILES string of the molecule is Cc1cc(NC(=O)[C@H](C)SCC(=O)OCC(=O)N2CCCc3ccccc32)no1. The smallest absolute Gasteiger partial charge is 0.316 e. The summed E-state index contributed by atoms with van der Waals surface area (Å²) in [6.45, 7) is 3.70. The molecule has 9 heteroatoms. The van der Waals surface area contributed by atoms with E-state index in [1.54, 1.807) is 24.8 Å². The average molecular weight is 417 g/mol. The predicted molar refractivity (Wildman–Crippen MR) is 110 cm³/mol. The highest BCUT2D eigenvalue weighted by molar-refractivity contribution is 8.01. The summed E-state index contributed by atoms with van der Waals surface area (Å²) in [7, 11) is 0. The number of aromatic nitrogens is 1. The number of ether oxygens (including phenoxy) is 1. The molecular weight excluding hydrogens is 394 g/mol. The van der Waals surface area contributed by atoms with Gasteiger partial charge in [0.1, 0.15) is 5.76 Å². The van der Waals surface area contributed by atoms with Crippen molar-refractivity contribution in [2.24, 2.45) is 0 Å². The lowest BCUT2D eigenvalue weighted by molar-refractivity contribution is -0.145. The molecule has 1 N–H and O–H groups in total. The summed E-state index contributed by atoms with van der Waals surface area (Å²) in [5.41, 5.74) is 2.00. The van der Waals surface area contributed by atoms with Gasteiger partial charge in [-0.1, -0.05) is 23.4 Å². The van der Waals surface area contributed by atoms with Crippen molar-refractivity contribution in [2.75, 3.05) is 29.1 Å². The van der Waals surface area contributed by atoms with Crippen LogP contribution in [0.15, 0.2) is 34.9 Å². The number of nitrogens with zero attached hydrogens (tertiary/aromatic N) is 2. The van der Waals surface area contributed by atoms with Gasteiger partial charge in [0.15, 0.2) is 12.4 Å². The molecule has 1 aliphatic heterocycles. The van der Waals surface area contributed by atoms with E-state index in [4.69, 9.17) is 9.26 Å². The van der Waals surface area contributed by atoms with Crippen molar-refractivity contribution in [1.29, 1.82) is 0 Å². The minimum Gasteiger partial charge on any atom is -0.455 e. The van der Waals surface area contributed by atoms with Crippen molar-refractivity contribution in [3.8, 4) is 0 Å². The Morgan fingerprint density at radius 3 is 2.90 bits per heavy atom. The number of hydrogen-bond acceptors (Lipinski definition) is 7. The van der Waals surface area contributed by atoms with Crippen LogP contribution < -0.4 is 10.2 Å². The third kappa shape index (κ3) is 5.60. The Kier molecular flexibility index (Phi) is 6.92. The summed E-state index contributed by atoms with van der Waals surface area (Å²) in [6.07, 6.45) is 1.81. The molecule has 0 radical (unpaired) electrons. The largest absolute Gasteiger partial charge is 0.455 e. The second-order valence-corrected chi connectivity index (χ2v) is 8.03. The van der Waals surface area contributed by atoms with Crippen LogP contribution in [-0.2, 0) is 25.5 Å². The quantitative estimate of drug-likeness (QED) is 0.691. The molecule has 1 atom stereocenters. The Labute approximate surface area is 172 Å². The maximum absolute atomic E-state index is 12.5. The molecule has 0 bridgehead atoms. The predicted octanol–water partition coefficient (Wildman–Crippen LogP) is 2.57. The molecule has 29 heavy (non-hydrogen) atoms. The Balaban J connectivity index is 1.42. The van der Waals surface area contributed by atoms with E-state index in [1.165, 1.54) is 0 Å². The fourth-order valence-corrected chi connectivity index (χ4v) is 3.66.